The minimum absolute atomic E-state index is 0.0520. The van der Waals surface area contributed by atoms with E-state index in [4.69, 9.17) is 9.47 Å². The van der Waals surface area contributed by atoms with Gasteiger partial charge >= 0.3 is 0 Å². The van der Waals surface area contributed by atoms with E-state index in [-0.39, 0.29) is 18.3 Å². The number of ether oxygens (including phenoxy) is 2. The number of methoxy groups -OCH3 is 1. The summed E-state index contributed by atoms with van der Waals surface area (Å²) in [7, 11) is 3.13. The van der Waals surface area contributed by atoms with Crippen molar-refractivity contribution in [1.82, 2.24) is 4.90 Å². The van der Waals surface area contributed by atoms with E-state index >= 15 is 0 Å². The van der Waals surface area contributed by atoms with Crippen LogP contribution < -0.4 is 4.74 Å². The topological polar surface area (TPSA) is 38.8 Å². The molecule has 0 aromatic heterocycles. The van der Waals surface area contributed by atoms with E-state index in [0.717, 1.165) is 0 Å². The summed E-state index contributed by atoms with van der Waals surface area (Å²) in [6, 6.07) is 5.89. The standard InChI is InChI=1S/C12H16FNO3/c1-14(12(15)9-16-2)6-7-17-11-5-3-4-10(13)8-11/h3-5,8H,6-7,9H2,1-2H3. The van der Waals surface area contributed by atoms with Gasteiger partial charge in [0.1, 0.15) is 24.8 Å². The number of nitrogens with zero attached hydrogens (tertiary/aromatic N) is 1. The Balaban J connectivity index is 2.30. The Morgan fingerprint density at radius 1 is 1.47 bits per heavy atom. The molecule has 0 N–H and O–H groups in total. The molecule has 17 heavy (non-hydrogen) atoms. The first kappa shape index (κ1) is 13.4. The molecule has 1 rings (SSSR count). The molecule has 1 aromatic carbocycles. The lowest BCUT2D eigenvalue weighted by Gasteiger charge is -2.16. The van der Waals surface area contributed by atoms with Crippen LogP contribution in [-0.4, -0.2) is 44.7 Å². The summed E-state index contributed by atoms with van der Waals surface area (Å²) in [5.41, 5.74) is 0. The molecule has 0 atom stereocenters. The summed E-state index contributed by atoms with van der Waals surface area (Å²) < 4.78 is 22.9. The highest BCUT2D eigenvalue weighted by Gasteiger charge is 2.07. The third kappa shape index (κ3) is 4.82. The Hall–Kier alpha value is -1.62. The predicted molar refractivity (Wildman–Crippen MR) is 61.4 cm³/mol. The highest BCUT2D eigenvalue weighted by Crippen LogP contribution is 2.11. The third-order valence-corrected chi connectivity index (χ3v) is 2.19. The highest BCUT2D eigenvalue weighted by molar-refractivity contribution is 5.77. The lowest BCUT2D eigenvalue weighted by atomic mass is 10.3. The lowest BCUT2D eigenvalue weighted by molar-refractivity contribution is -0.134. The fraction of sp³-hybridized carbons (Fsp3) is 0.417. The summed E-state index contributed by atoms with van der Waals surface area (Å²) in [6.07, 6.45) is 0. The molecule has 0 saturated heterocycles. The second kappa shape index (κ2) is 6.85. The lowest BCUT2D eigenvalue weighted by Crippen LogP contribution is -2.33. The molecule has 5 heteroatoms. The van der Waals surface area contributed by atoms with Crippen LogP contribution in [0, 0.1) is 5.82 Å². The minimum Gasteiger partial charge on any atom is -0.492 e. The summed E-state index contributed by atoms with van der Waals surface area (Å²) in [5, 5.41) is 0. The van der Waals surface area contributed by atoms with Crippen molar-refractivity contribution in [2.24, 2.45) is 0 Å². The molecule has 1 amide bonds. The van der Waals surface area contributed by atoms with E-state index in [2.05, 4.69) is 0 Å². The zero-order valence-electron chi connectivity index (χ0n) is 9.98. The fourth-order valence-corrected chi connectivity index (χ4v) is 1.22. The number of carbonyl (C=O) groups excluding carboxylic acids is 1. The molecular formula is C12H16FNO3. The van der Waals surface area contributed by atoms with Crippen LogP contribution >= 0.6 is 0 Å². The van der Waals surface area contributed by atoms with Gasteiger partial charge in [0.05, 0.1) is 6.54 Å². The van der Waals surface area contributed by atoms with Gasteiger partial charge in [0.25, 0.3) is 0 Å². The number of halogens is 1. The number of hydrogen-bond acceptors (Lipinski definition) is 3. The van der Waals surface area contributed by atoms with Gasteiger partial charge in [-0.05, 0) is 12.1 Å². The van der Waals surface area contributed by atoms with E-state index in [1.807, 2.05) is 0 Å². The van der Waals surface area contributed by atoms with Gasteiger partial charge < -0.3 is 14.4 Å². The van der Waals surface area contributed by atoms with Gasteiger partial charge in [-0.25, -0.2) is 4.39 Å². The molecule has 0 aliphatic heterocycles. The maximum absolute atomic E-state index is 12.8. The Bertz CT molecular complexity index is 371. The molecule has 4 nitrogen and oxygen atoms in total. The van der Waals surface area contributed by atoms with E-state index in [1.54, 1.807) is 19.2 Å². The van der Waals surface area contributed by atoms with Gasteiger partial charge in [-0.15, -0.1) is 0 Å². The van der Waals surface area contributed by atoms with Gasteiger partial charge in [0.15, 0.2) is 0 Å². The third-order valence-electron chi connectivity index (χ3n) is 2.19. The first-order valence-corrected chi connectivity index (χ1v) is 5.24. The van der Waals surface area contributed by atoms with E-state index in [0.29, 0.717) is 18.9 Å². The average molecular weight is 241 g/mol. The molecule has 0 radical (unpaired) electrons. The number of likely N-dealkylation sites (N-methyl/N-ethyl adjacent to an activating group) is 1. The normalized spacial score (nSPS) is 10.1. The van der Waals surface area contributed by atoms with Crippen molar-refractivity contribution < 1.29 is 18.7 Å². The smallest absolute Gasteiger partial charge is 0.248 e. The second-order valence-electron chi connectivity index (χ2n) is 3.55. The van der Waals surface area contributed by atoms with Crippen LogP contribution in [0.4, 0.5) is 4.39 Å². The Morgan fingerprint density at radius 3 is 2.88 bits per heavy atom. The summed E-state index contributed by atoms with van der Waals surface area (Å²) >= 11 is 0. The number of benzene rings is 1. The Labute approximate surface area is 99.9 Å². The highest BCUT2D eigenvalue weighted by atomic mass is 19.1. The van der Waals surface area contributed by atoms with Gasteiger partial charge in [-0.1, -0.05) is 6.07 Å². The van der Waals surface area contributed by atoms with Crippen molar-refractivity contribution in [2.45, 2.75) is 0 Å². The predicted octanol–water partition coefficient (Wildman–Crippen LogP) is 1.31. The van der Waals surface area contributed by atoms with Gasteiger partial charge in [-0.3, -0.25) is 4.79 Å². The molecule has 0 saturated carbocycles. The van der Waals surface area contributed by atoms with Crippen LogP contribution in [0.5, 0.6) is 5.75 Å². The molecule has 0 aliphatic rings. The molecule has 0 spiro atoms. The summed E-state index contributed by atoms with van der Waals surface area (Å²) in [6.45, 7) is 0.796. The van der Waals surface area contributed by atoms with E-state index < -0.39 is 0 Å². The first-order chi connectivity index (χ1) is 8.13. The number of carbonyl (C=O) groups is 1. The van der Waals surface area contributed by atoms with Gasteiger partial charge in [0, 0.05) is 20.2 Å². The molecule has 0 bridgehead atoms. The van der Waals surface area contributed by atoms with Crippen LogP contribution in [0.2, 0.25) is 0 Å². The van der Waals surface area contributed by atoms with Crippen molar-refractivity contribution >= 4 is 5.91 Å². The maximum atomic E-state index is 12.8. The first-order valence-electron chi connectivity index (χ1n) is 5.24. The quantitative estimate of drug-likeness (QED) is 0.753. The Morgan fingerprint density at radius 2 is 2.24 bits per heavy atom. The van der Waals surface area contributed by atoms with E-state index in [9.17, 15) is 9.18 Å². The molecule has 0 heterocycles. The zero-order chi connectivity index (χ0) is 12.7. The van der Waals surface area contributed by atoms with Crippen LogP contribution in [0.15, 0.2) is 24.3 Å². The van der Waals surface area contributed by atoms with Crippen molar-refractivity contribution in [3.63, 3.8) is 0 Å². The fourth-order valence-electron chi connectivity index (χ4n) is 1.22. The van der Waals surface area contributed by atoms with Crippen molar-refractivity contribution in [2.75, 3.05) is 33.9 Å². The number of rotatable bonds is 6. The Kier molecular flexibility index (Phi) is 5.42. The number of amides is 1. The van der Waals surface area contributed by atoms with Crippen LogP contribution in [0.3, 0.4) is 0 Å². The molecule has 1 aromatic rings. The van der Waals surface area contributed by atoms with E-state index in [1.165, 1.54) is 24.1 Å². The van der Waals surface area contributed by atoms with Crippen LogP contribution in [0.25, 0.3) is 0 Å². The largest absolute Gasteiger partial charge is 0.492 e. The number of hydrogen-bond donors (Lipinski definition) is 0. The van der Waals surface area contributed by atoms with Crippen molar-refractivity contribution in [1.29, 1.82) is 0 Å². The molecule has 0 unspecified atom stereocenters. The summed E-state index contributed by atoms with van der Waals surface area (Å²) in [4.78, 5) is 12.8. The minimum atomic E-state index is -0.341. The average Bonchev–Trinajstić information content (AvgIpc) is 2.29. The molecular weight excluding hydrogens is 225 g/mol. The van der Waals surface area contributed by atoms with Crippen LogP contribution in [-0.2, 0) is 9.53 Å². The maximum Gasteiger partial charge on any atom is 0.248 e. The molecule has 94 valence electrons. The zero-order valence-corrected chi connectivity index (χ0v) is 9.98. The second-order valence-corrected chi connectivity index (χ2v) is 3.55. The SMILES string of the molecule is COCC(=O)N(C)CCOc1cccc(F)c1. The van der Waals surface area contributed by atoms with Crippen molar-refractivity contribution in [3.8, 4) is 5.75 Å². The van der Waals surface area contributed by atoms with Gasteiger partial charge in [0.2, 0.25) is 5.91 Å². The summed E-state index contributed by atoms with van der Waals surface area (Å²) in [5.74, 6) is -0.000697. The van der Waals surface area contributed by atoms with Gasteiger partial charge in [-0.2, -0.15) is 0 Å². The molecule has 0 aliphatic carbocycles. The van der Waals surface area contributed by atoms with Crippen molar-refractivity contribution in [3.05, 3.63) is 30.1 Å². The molecule has 0 fully saturated rings. The van der Waals surface area contributed by atoms with Crippen LogP contribution in [0.1, 0.15) is 0 Å². The monoisotopic (exact) mass is 241 g/mol.